The zero-order valence-corrected chi connectivity index (χ0v) is 17.7. The van der Waals surface area contributed by atoms with Crippen LogP contribution in [0.1, 0.15) is 12.8 Å². The Kier molecular flexibility index (Phi) is 6.20. The van der Waals surface area contributed by atoms with Crippen molar-refractivity contribution in [1.82, 2.24) is 14.9 Å². The smallest absolute Gasteiger partial charge is 0.163 e. The molecule has 2 aromatic carbocycles. The summed E-state index contributed by atoms with van der Waals surface area (Å²) in [6.07, 6.45) is 3.73. The molecule has 1 fully saturated rings. The van der Waals surface area contributed by atoms with Crippen molar-refractivity contribution < 1.29 is 13.9 Å². The Labute approximate surface area is 180 Å². The Bertz CT molecular complexity index is 1040. The Hall–Kier alpha value is -2.64. The lowest BCUT2D eigenvalue weighted by molar-refractivity contribution is 0.157. The number of ether oxygens (including phenoxy) is 2. The monoisotopic (exact) mass is 429 g/mol. The molecule has 30 heavy (non-hydrogen) atoms. The van der Waals surface area contributed by atoms with E-state index in [2.05, 4.69) is 27.2 Å². The van der Waals surface area contributed by atoms with Crippen molar-refractivity contribution >= 4 is 34.0 Å². The molecule has 0 amide bonds. The van der Waals surface area contributed by atoms with E-state index in [0.29, 0.717) is 35.5 Å². The summed E-state index contributed by atoms with van der Waals surface area (Å²) in [4.78, 5) is 11.0. The molecule has 0 radical (unpaired) electrons. The highest BCUT2D eigenvalue weighted by Gasteiger charge is 2.19. The van der Waals surface area contributed by atoms with Crippen LogP contribution in [-0.2, 0) is 0 Å². The first-order valence-corrected chi connectivity index (χ1v) is 10.3. The Morgan fingerprint density at radius 3 is 2.70 bits per heavy atom. The predicted octanol–water partition coefficient (Wildman–Crippen LogP) is 4.90. The lowest BCUT2D eigenvalue weighted by Crippen LogP contribution is -2.32. The summed E-state index contributed by atoms with van der Waals surface area (Å²) in [7, 11) is 3.76. The maximum Gasteiger partial charge on any atom is 0.163 e. The standard InChI is InChI=1S/C22H24ClFN4O2/c1-28-7-5-14(6-8-28)12-30-21-11-19-16(10-20(21)29-2)22(26-13-25-19)27-15-3-4-18(24)17(23)9-15/h3-4,9-11,13-14H,5-8,12H2,1-2H3,(H,25,26,27)/i24-1. The number of hydrogen-bond acceptors (Lipinski definition) is 6. The Balaban J connectivity index is 1.57. The van der Waals surface area contributed by atoms with Crippen molar-refractivity contribution in [3.8, 4) is 11.5 Å². The lowest BCUT2D eigenvalue weighted by atomic mass is 9.98. The average molecular weight is 430 g/mol. The van der Waals surface area contributed by atoms with E-state index in [0.717, 1.165) is 36.8 Å². The molecule has 0 unspecified atom stereocenters. The fraction of sp³-hybridized carbons (Fsp3) is 0.364. The van der Waals surface area contributed by atoms with Gasteiger partial charge in [0.05, 0.1) is 24.3 Å². The minimum Gasteiger partial charge on any atom is -0.493 e. The first kappa shape index (κ1) is 20.6. The van der Waals surface area contributed by atoms with Gasteiger partial charge >= 0.3 is 0 Å². The number of rotatable bonds is 6. The number of nitrogens with one attached hydrogen (secondary N) is 1. The number of anilines is 2. The van der Waals surface area contributed by atoms with Crippen molar-refractivity contribution in [3.63, 3.8) is 0 Å². The number of hydrogen-bond donors (Lipinski definition) is 1. The van der Waals surface area contributed by atoms with Crippen LogP contribution in [0.2, 0.25) is 5.02 Å². The fourth-order valence-corrected chi connectivity index (χ4v) is 3.76. The largest absolute Gasteiger partial charge is 0.493 e. The van der Waals surface area contributed by atoms with Crippen LogP contribution in [0.15, 0.2) is 36.7 Å². The van der Waals surface area contributed by atoms with Crippen molar-refractivity contribution in [2.75, 3.05) is 39.2 Å². The van der Waals surface area contributed by atoms with Gasteiger partial charge in [-0.2, -0.15) is 0 Å². The van der Waals surface area contributed by atoms with Gasteiger partial charge in [0.15, 0.2) is 11.5 Å². The van der Waals surface area contributed by atoms with E-state index in [4.69, 9.17) is 21.1 Å². The van der Waals surface area contributed by atoms with Gasteiger partial charge in [-0.1, -0.05) is 11.6 Å². The fourth-order valence-electron chi connectivity index (χ4n) is 3.58. The molecule has 0 atom stereocenters. The molecule has 3 aromatic rings. The minimum atomic E-state index is -0.470. The third-order valence-electron chi connectivity index (χ3n) is 5.42. The van der Waals surface area contributed by atoms with E-state index in [1.807, 2.05) is 12.1 Å². The normalized spacial score (nSPS) is 15.3. The Morgan fingerprint density at radius 2 is 1.97 bits per heavy atom. The van der Waals surface area contributed by atoms with Crippen LogP contribution in [0.4, 0.5) is 15.9 Å². The van der Waals surface area contributed by atoms with Gasteiger partial charge in [0.2, 0.25) is 0 Å². The zero-order chi connectivity index (χ0) is 21.1. The van der Waals surface area contributed by atoms with E-state index in [1.54, 1.807) is 13.2 Å². The van der Waals surface area contributed by atoms with Gasteiger partial charge in [0.1, 0.15) is 18.0 Å². The van der Waals surface area contributed by atoms with Crippen LogP contribution >= 0.6 is 11.6 Å². The van der Waals surface area contributed by atoms with E-state index in [1.165, 1.54) is 18.5 Å². The Morgan fingerprint density at radius 1 is 1.17 bits per heavy atom. The van der Waals surface area contributed by atoms with E-state index in [9.17, 15) is 4.39 Å². The number of methoxy groups -OCH3 is 1. The van der Waals surface area contributed by atoms with Gasteiger partial charge in [0.25, 0.3) is 0 Å². The zero-order valence-electron chi connectivity index (χ0n) is 17.0. The number of benzene rings is 2. The van der Waals surface area contributed by atoms with Crippen LogP contribution in [-0.4, -0.2) is 48.7 Å². The van der Waals surface area contributed by atoms with Gasteiger partial charge in [-0.05, 0) is 63.2 Å². The summed E-state index contributed by atoms with van der Waals surface area (Å²) in [5.74, 6) is 1.92. The summed E-state index contributed by atoms with van der Waals surface area (Å²) >= 11 is 5.89. The van der Waals surface area contributed by atoms with Crippen LogP contribution < -0.4 is 14.8 Å². The van der Waals surface area contributed by atoms with Gasteiger partial charge < -0.3 is 19.7 Å². The molecule has 1 aromatic heterocycles. The molecule has 1 aliphatic rings. The second-order valence-corrected chi connectivity index (χ2v) is 7.96. The van der Waals surface area contributed by atoms with Crippen molar-refractivity contribution in [2.45, 2.75) is 12.8 Å². The summed E-state index contributed by atoms with van der Waals surface area (Å²) in [5.41, 5.74) is 1.35. The molecule has 2 heterocycles. The third-order valence-corrected chi connectivity index (χ3v) is 5.71. The van der Waals surface area contributed by atoms with Crippen LogP contribution in [0.3, 0.4) is 0 Å². The van der Waals surface area contributed by atoms with Crippen LogP contribution in [0.5, 0.6) is 11.5 Å². The topological polar surface area (TPSA) is 59.5 Å². The quantitative estimate of drug-likeness (QED) is 0.601. The third kappa shape index (κ3) is 4.57. The summed E-state index contributed by atoms with van der Waals surface area (Å²) in [5, 5.41) is 3.98. The number of aromatic nitrogens is 2. The highest BCUT2D eigenvalue weighted by molar-refractivity contribution is 6.31. The molecular formula is C22H24ClFN4O2. The molecule has 0 saturated carbocycles. The van der Waals surface area contributed by atoms with E-state index in [-0.39, 0.29) is 5.02 Å². The molecule has 1 N–H and O–H groups in total. The summed E-state index contributed by atoms with van der Waals surface area (Å²) < 4.78 is 25.1. The SMILES string of the molecule is COc1cc2c(Nc3ccc([18F])c(Cl)c3)ncnc2cc1OCC1CCN(C)CC1. The molecule has 6 nitrogen and oxygen atoms in total. The van der Waals surface area contributed by atoms with E-state index < -0.39 is 5.82 Å². The number of likely N-dealkylation sites (tertiary alicyclic amines) is 1. The first-order chi connectivity index (χ1) is 14.5. The van der Waals surface area contributed by atoms with Crippen molar-refractivity contribution in [3.05, 3.63) is 47.5 Å². The molecule has 1 aliphatic heterocycles. The molecular weight excluding hydrogens is 406 g/mol. The number of fused-ring (bicyclic) bond motifs is 1. The number of piperidine rings is 1. The molecule has 8 heteroatoms. The molecule has 1 saturated heterocycles. The second kappa shape index (κ2) is 9.02. The molecule has 158 valence electrons. The molecule has 0 bridgehead atoms. The van der Waals surface area contributed by atoms with Gasteiger partial charge in [-0.3, -0.25) is 0 Å². The van der Waals surface area contributed by atoms with E-state index >= 15 is 0 Å². The maximum absolute atomic E-state index is 13.4. The molecule has 0 aliphatic carbocycles. The summed E-state index contributed by atoms with van der Waals surface area (Å²) in [6.45, 7) is 2.84. The second-order valence-electron chi connectivity index (χ2n) is 7.55. The number of halogens is 2. The van der Waals surface area contributed by atoms with Gasteiger partial charge in [-0.15, -0.1) is 0 Å². The predicted molar refractivity (Wildman–Crippen MR) is 116 cm³/mol. The molecule has 0 spiro atoms. The first-order valence-electron chi connectivity index (χ1n) is 9.89. The highest BCUT2D eigenvalue weighted by atomic mass is 35.5. The summed E-state index contributed by atoms with van der Waals surface area (Å²) in [6, 6.07) is 8.15. The maximum atomic E-state index is 13.4. The van der Waals surface area contributed by atoms with Crippen molar-refractivity contribution in [2.24, 2.45) is 5.92 Å². The minimum absolute atomic E-state index is 0.0422. The van der Waals surface area contributed by atoms with Crippen LogP contribution in [0.25, 0.3) is 10.9 Å². The lowest BCUT2D eigenvalue weighted by Gasteiger charge is -2.28. The van der Waals surface area contributed by atoms with Gasteiger partial charge in [0, 0.05) is 17.1 Å². The molecule has 4 rings (SSSR count). The number of nitrogens with zero attached hydrogens (tertiary/aromatic N) is 3. The highest BCUT2D eigenvalue weighted by Crippen LogP contribution is 2.35. The van der Waals surface area contributed by atoms with Gasteiger partial charge in [-0.25, -0.2) is 14.4 Å². The average Bonchev–Trinajstić information content (AvgIpc) is 2.75. The van der Waals surface area contributed by atoms with Crippen LogP contribution in [0, 0.1) is 11.7 Å². The van der Waals surface area contributed by atoms with Crippen molar-refractivity contribution in [1.29, 1.82) is 0 Å².